The van der Waals surface area contributed by atoms with Gasteiger partial charge in [0.25, 0.3) is 0 Å². The quantitative estimate of drug-likeness (QED) is 0.253. The van der Waals surface area contributed by atoms with Crippen LogP contribution in [0, 0.1) is 17.8 Å². The van der Waals surface area contributed by atoms with Crippen LogP contribution in [0.3, 0.4) is 0 Å². The van der Waals surface area contributed by atoms with Crippen molar-refractivity contribution in [2.45, 2.75) is 84.7 Å². The van der Waals surface area contributed by atoms with Gasteiger partial charge in [0.2, 0.25) is 12.7 Å². The molecule has 1 saturated heterocycles. The fraction of sp³-hybridized carbons (Fsp3) is 0.704. The van der Waals surface area contributed by atoms with Gasteiger partial charge in [-0.25, -0.2) is 19.3 Å². The number of hydrogen-bond donors (Lipinski definition) is 2. The Bertz CT molecular complexity index is 1000. The van der Waals surface area contributed by atoms with Gasteiger partial charge >= 0.3 is 24.1 Å². The normalized spacial score (nSPS) is 22.2. The van der Waals surface area contributed by atoms with Crippen LogP contribution in [0.1, 0.15) is 72.6 Å². The van der Waals surface area contributed by atoms with E-state index in [4.69, 9.17) is 14.2 Å². The molecule has 0 aromatic heterocycles. The number of rotatable bonds is 9. The minimum absolute atomic E-state index is 0.105. The molecule has 2 fully saturated rings. The third-order valence-electron chi connectivity index (χ3n) is 7.30. The number of amidine groups is 1. The van der Waals surface area contributed by atoms with Gasteiger partial charge in [0.1, 0.15) is 5.84 Å². The fourth-order valence-electron chi connectivity index (χ4n) is 5.09. The SMILES string of the molecule is CCOC(=O)[C@@H]1[C@@H](CC2=CC(NC(=O)OCOC(=O)C(C)C)=NCC2)C(=O)N1C(=O)N[C@H](C)C1CCCCC1. The fourth-order valence-corrected chi connectivity index (χ4v) is 5.09. The maximum atomic E-state index is 13.1. The van der Waals surface area contributed by atoms with E-state index >= 15 is 0 Å². The van der Waals surface area contributed by atoms with Crippen LogP contribution in [0.25, 0.3) is 0 Å². The van der Waals surface area contributed by atoms with Crippen molar-refractivity contribution >= 4 is 35.8 Å². The van der Waals surface area contributed by atoms with Gasteiger partial charge in [-0.2, -0.15) is 0 Å². The van der Waals surface area contributed by atoms with Crippen LogP contribution in [0.2, 0.25) is 0 Å². The number of β-lactam (4-membered cyclic amide) rings is 1. The largest absolute Gasteiger partial charge is 0.464 e. The van der Waals surface area contributed by atoms with E-state index < -0.39 is 48.7 Å². The smallest absolute Gasteiger partial charge is 0.415 e. The molecular formula is C27H40N4O8. The Kier molecular flexibility index (Phi) is 10.9. The number of carbonyl (C=O) groups is 5. The highest BCUT2D eigenvalue weighted by Gasteiger charge is 2.55. The number of amides is 4. The molecule has 3 atom stereocenters. The van der Waals surface area contributed by atoms with Crippen molar-refractivity contribution in [3.8, 4) is 0 Å². The molecule has 3 aliphatic rings. The van der Waals surface area contributed by atoms with E-state index in [0.717, 1.165) is 36.2 Å². The number of esters is 2. The highest BCUT2D eigenvalue weighted by Crippen LogP contribution is 2.35. The minimum atomic E-state index is -1.02. The first kappa shape index (κ1) is 30.1. The topological polar surface area (TPSA) is 153 Å². The molecule has 0 spiro atoms. The first-order valence-electron chi connectivity index (χ1n) is 13.8. The molecule has 216 valence electrons. The monoisotopic (exact) mass is 548 g/mol. The molecule has 0 aromatic rings. The number of dihydropyridines is 1. The zero-order valence-corrected chi connectivity index (χ0v) is 23.2. The molecule has 0 unspecified atom stereocenters. The van der Waals surface area contributed by atoms with Crippen LogP contribution >= 0.6 is 0 Å². The molecule has 39 heavy (non-hydrogen) atoms. The number of ether oxygens (including phenoxy) is 3. The van der Waals surface area contributed by atoms with Crippen LogP contribution in [-0.2, 0) is 28.6 Å². The maximum Gasteiger partial charge on any atom is 0.415 e. The number of urea groups is 1. The van der Waals surface area contributed by atoms with Gasteiger partial charge in [-0.05, 0) is 51.5 Å². The van der Waals surface area contributed by atoms with Gasteiger partial charge < -0.3 is 19.5 Å². The lowest BCUT2D eigenvalue weighted by Gasteiger charge is -2.44. The summed E-state index contributed by atoms with van der Waals surface area (Å²) in [6.07, 6.45) is 7.02. The molecule has 2 heterocycles. The van der Waals surface area contributed by atoms with Gasteiger partial charge in [0, 0.05) is 12.6 Å². The van der Waals surface area contributed by atoms with E-state index in [2.05, 4.69) is 15.6 Å². The van der Waals surface area contributed by atoms with Crippen LogP contribution in [0.5, 0.6) is 0 Å². The summed E-state index contributed by atoms with van der Waals surface area (Å²) in [4.78, 5) is 67.7. The van der Waals surface area contributed by atoms with E-state index in [9.17, 15) is 24.0 Å². The van der Waals surface area contributed by atoms with Crippen LogP contribution in [0.4, 0.5) is 9.59 Å². The highest BCUT2D eigenvalue weighted by atomic mass is 16.7. The third kappa shape index (κ3) is 8.03. The second kappa shape index (κ2) is 14.1. The first-order chi connectivity index (χ1) is 18.6. The summed E-state index contributed by atoms with van der Waals surface area (Å²) in [5.74, 6) is -2.08. The molecule has 0 bridgehead atoms. The van der Waals surface area contributed by atoms with E-state index in [-0.39, 0.29) is 30.8 Å². The third-order valence-corrected chi connectivity index (χ3v) is 7.30. The predicted molar refractivity (Wildman–Crippen MR) is 140 cm³/mol. The second-order valence-corrected chi connectivity index (χ2v) is 10.5. The van der Waals surface area contributed by atoms with Crippen LogP contribution < -0.4 is 10.6 Å². The van der Waals surface area contributed by atoms with E-state index in [1.807, 2.05) is 6.92 Å². The lowest BCUT2D eigenvalue weighted by Crippen LogP contribution is -2.69. The Morgan fingerprint density at radius 3 is 2.46 bits per heavy atom. The number of carbonyl (C=O) groups excluding carboxylic acids is 5. The van der Waals surface area contributed by atoms with Gasteiger partial charge in [-0.15, -0.1) is 0 Å². The first-order valence-corrected chi connectivity index (χ1v) is 13.8. The zero-order valence-electron chi connectivity index (χ0n) is 23.2. The standard InChI is InChI=1S/C27H40N4O8/c1-5-37-25(34)22-20(23(32)31(22)26(35)29-17(4)19-9-7-6-8-10-19)13-18-11-12-28-21(14-18)30-27(36)39-15-38-24(33)16(2)3/h14,16-17,19-20,22H,5-13,15H2,1-4H3,(H,29,35)(H,28,30,36)/t17-,20-,22+/m1/s1. The summed E-state index contributed by atoms with van der Waals surface area (Å²) in [7, 11) is 0. The van der Waals surface area contributed by atoms with Crippen molar-refractivity contribution in [3.63, 3.8) is 0 Å². The molecule has 12 heteroatoms. The van der Waals surface area contributed by atoms with Crippen LogP contribution in [-0.4, -0.2) is 72.7 Å². The molecule has 1 saturated carbocycles. The van der Waals surface area contributed by atoms with Crippen LogP contribution in [0.15, 0.2) is 16.6 Å². The molecule has 0 aromatic carbocycles. The summed E-state index contributed by atoms with van der Waals surface area (Å²) in [6, 6.07) is -1.70. The number of imide groups is 1. The Labute approximate surface area is 228 Å². The number of alkyl carbamates (subject to hydrolysis) is 1. The number of nitrogens with one attached hydrogen (secondary N) is 2. The van der Waals surface area contributed by atoms with E-state index in [1.54, 1.807) is 26.8 Å². The summed E-state index contributed by atoms with van der Waals surface area (Å²) >= 11 is 0. The summed E-state index contributed by atoms with van der Waals surface area (Å²) in [6.45, 7) is 6.89. The van der Waals surface area contributed by atoms with Gasteiger partial charge in [0.05, 0.1) is 18.4 Å². The van der Waals surface area contributed by atoms with Crippen molar-refractivity contribution in [1.29, 1.82) is 0 Å². The van der Waals surface area contributed by atoms with E-state index in [0.29, 0.717) is 18.9 Å². The molecule has 2 N–H and O–H groups in total. The lowest BCUT2D eigenvalue weighted by molar-refractivity contribution is -0.169. The summed E-state index contributed by atoms with van der Waals surface area (Å²) in [5.41, 5.74) is 0.787. The molecule has 3 rings (SSSR count). The van der Waals surface area contributed by atoms with Crippen molar-refractivity contribution in [2.75, 3.05) is 19.9 Å². The van der Waals surface area contributed by atoms with Crippen molar-refractivity contribution in [1.82, 2.24) is 15.5 Å². The average Bonchev–Trinajstić information content (AvgIpc) is 2.90. The molecular weight excluding hydrogens is 508 g/mol. The van der Waals surface area contributed by atoms with Gasteiger partial charge in [0.15, 0.2) is 6.04 Å². The van der Waals surface area contributed by atoms with Gasteiger partial charge in [-0.3, -0.25) is 19.9 Å². The Morgan fingerprint density at radius 1 is 1.08 bits per heavy atom. The average molecular weight is 549 g/mol. The molecule has 1 aliphatic carbocycles. The second-order valence-electron chi connectivity index (χ2n) is 10.5. The molecule has 0 radical (unpaired) electrons. The summed E-state index contributed by atoms with van der Waals surface area (Å²) in [5, 5.41) is 5.40. The molecule has 2 aliphatic heterocycles. The Hall–Kier alpha value is -3.44. The lowest BCUT2D eigenvalue weighted by atomic mass is 9.81. The number of aliphatic imine (C=N–C) groups is 1. The Balaban J connectivity index is 1.59. The van der Waals surface area contributed by atoms with Crippen molar-refractivity contribution in [2.24, 2.45) is 22.7 Å². The number of nitrogens with zero attached hydrogens (tertiary/aromatic N) is 2. The predicted octanol–water partition coefficient (Wildman–Crippen LogP) is 3.06. The van der Waals surface area contributed by atoms with E-state index in [1.165, 1.54) is 6.42 Å². The van der Waals surface area contributed by atoms with Crippen molar-refractivity contribution < 1.29 is 38.2 Å². The maximum absolute atomic E-state index is 13.1. The molecule has 4 amide bonds. The van der Waals surface area contributed by atoms with Crippen molar-refractivity contribution in [3.05, 3.63) is 11.6 Å². The molecule has 12 nitrogen and oxygen atoms in total. The number of hydrogen-bond acceptors (Lipinski definition) is 9. The highest BCUT2D eigenvalue weighted by molar-refractivity contribution is 6.08. The number of likely N-dealkylation sites (tertiary alicyclic amines) is 1. The minimum Gasteiger partial charge on any atom is -0.464 e. The zero-order chi connectivity index (χ0) is 28.5. The Morgan fingerprint density at radius 2 is 1.79 bits per heavy atom. The summed E-state index contributed by atoms with van der Waals surface area (Å²) < 4.78 is 14.9. The van der Waals surface area contributed by atoms with Gasteiger partial charge in [-0.1, -0.05) is 38.7 Å².